The SMILES string of the molecule is C#CCCCNC(COC)c1ccccc1. The zero-order chi connectivity index (χ0) is 11.6. The van der Waals surface area contributed by atoms with Gasteiger partial charge in [0.25, 0.3) is 0 Å². The van der Waals surface area contributed by atoms with Crippen LogP contribution < -0.4 is 5.32 Å². The molecule has 0 aromatic heterocycles. The molecule has 2 heteroatoms. The molecule has 0 aliphatic heterocycles. The van der Waals surface area contributed by atoms with Gasteiger partial charge in [0.2, 0.25) is 0 Å². The molecule has 0 fully saturated rings. The first-order chi connectivity index (χ1) is 7.88. The van der Waals surface area contributed by atoms with E-state index < -0.39 is 0 Å². The fraction of sp³-hybridized carbons (Fsp3) is 0.429. The smallest absolute Gasteiger partial charge is 0.0657 e. The second kappa shape index (κ2) is 7.92. The molecule has 1 atom stereocenters. The van der Waals surface area contributed by atoms with E-state index in [-0.39, 0.29) is 6.04 Å². The van der Waals surface area contributed by atoms with Crippen molar-refractivity contribution in [2.45, 2.75) is 18.9 Å². The molecule has 0 amide bonds. The van der Waals surface area contributed by atoms with Crippen LogP contribution in [-0.2, 0) is 4.74 Å². The van der Waals surface area contributed by atoms with Crippen molar-refractivity contribution in [3.63, 3.8) is 0 Å². The van der Waals surface area contributed by atoms with Crippen LogP contribution in [0.1, 0.15) is 24.4 Å². The third-order valence-corrected chi connectivity index (χ3v) is 2.42. The number of unbranched alkanes of at least 4 members (excludes halogenated alkanes) is 1. The average molecular weight is 217 g/mol. The van der Waals surface area contributed by atoms with Crippen LogP contribution in [-0.4, -0.2) is 20.3 Å². The molecule has 2 nitrogen and oxygen atoms in total. The molecule has 1 aromatic rings. The van der Waals surface area contributed by atoms with Crippen LogP contribution in [0.25, 0.3) is 0 Å². The minimum atomic E-state index is 0.254. The Labute approximate surface area is 98.0 Å². The molecule has 1 aromatic carbocycles. The van der Waals surface area contributed by atoms with E-state index in [0.29, 0.717) is 6.61 Å². The van der Waals surface area contributed by atoms with Gasteiger partial charge in [-0.2, -0.15) is 0 Å². The zero-order valence-electron chi connectivity index (χ0n) is 9.78. The summed E-state index contributed by atoms with van der Waals surface area (Å²) in [4.78, 5) is 0. The molecule has 0 saturated carbocycles. The number of ether oxygens (including phenoxy) is 1. The Morgan fingerprint density at radius 1 is 1.38 bits per heavy atom. The Hall–Kier alpha value is -1.30. The van der Waals surface area contributed by atoms with Gasteiger partial charge >= 0.3 is 0 Å². The summed E-state index contributed by atoms with van der Waals surface area (Å²) in [7, 11) is 1.72. The van der Waals surface area contributed by atoms with Crippen LogP contribution in [0, 0.1) is 12.3 Å². The minimum absolute atomic E-state index is 0.254. The number of benzene rings is 1. The molecule has 86 valence electrons. The number of rotatable bonds is 7. The normalized spacial score (nSPS) is 12.0. The van der Waals surface area contributed by atoms with Crippen molar-refractivity contribution in [2.24, 2.45) is 0 Å². The Morgan fingerprint density at radius 2 is 2.12 bits per heavy atom. The minimum Gasteiger partial charge on any atom is -0.383 e. The van der Waals surface area contributed by atoms with Crippen LogP contribution >= 0.6 is 0 Å². The molecule has 0 heterocycles. The van der Waals surface area contributed by atoms with E-state index in [0.717, 1.165) is 19.4 Å². The van der Waals surface area contributed by atoms with Gasteiger partial charge in [-0.15, -0.1) is 12.3 Å². The monoisotopic (exact) mass is 217 g/mol. The fourth-order valence-electron chi connectivity index (χ4n) is 1.59. The Balaban J connectivity index is 2.45. The van der Waals surface area contributed by atoms with Crippen molar-refractivity contribution < 1.29 is 4.74 Å². The largest absolute Gasteiger partial charge is 0.383 e. The summed E-state index contributed by atoms with van der Waals surface area (Å²) < 4.78 is 5.21. The summed E-state index contributed by atoms with van der Waals surface area (Å²) in [6.45, 7) is 1.60. The highest BCUT2D eigenvalue weighted by molar-refractivity contribution is 5.18. The molecule has 1 rings (SSSR count). The molecular formula is C14H19NO. The number of hydrogen-bond donors (Lipinski definition) is 1. The number of terminal acetylenes is 1. The van der Waals surface area contributed by atoms with Gasteiger partial charge in [-0.25, -0.2) is 0 Å². The summed E-state index contributed by atoms with van der Waals surface area (Å²) >= 11 is 0. The van der Waals surface area contributed by atoms with Crippen LogP contribution in [0.15, 0.2) is 30.3 Å². The highest BCUT2D eigenvalue weighted by Crippen LogP contribution is 2.12. The van der Waals surface area contributed by atoms with Gasteiger partial charge in [0, 0.05) is 13.5 Å². The molecule has 0 spiro atoms. The van der Waals surface area contributed by atoms with Gasteiger partial charge < -0.3 is 10.1 Å². The van der Waals surface area contributed by atoms with Crippen LogP contribution in [0.4, 0.5) is 0 Å². The van der Waals surface area contributed by atoms with Crippen molar-refractivity contribution in [3.05, 3.63) is 35.9 Å². The summed E-state index contributed by atoms with van der Waals surface area (Å²) in [5, 5.41) is 3.45. The quantitative estimate of drug-likeness (QED) is 0.559. The maximum atomic E-state index is 5.21. The highest BCUT2D eigenvalue weighted by atomic mass is 16.5. The third-order valence-electron chi connectivity index (χ3n) is 2.42. The van der Waals surface area contributed by atoms with E-state index in [4.69, 9.17) is 11.2 Å². The second-order valence-electron chi connectivity index (χ2n) is 3.68. The molecule has 0 radical (unpaired) electrons. The fourth-order valence-corrected chi connectivity index (χ4v) is 1.59. The Kier molecular flexibility index (Phi) is 6.32. The topological polar surface area (TPSA) is 21.3 Å². The third kappa shape index (κ3) is 4.48. The van der Waals surface area contributed by atoms with Crippen molar-refractivity contribution in [1.29, 1.82) is 0 Å². The van der Waals surface area contributed by atoms with Crippen LogP contribution in [0.3, 0.4) is 0 Å². The van der Waals surface area contributed by atoms with Gasteiger partial charge in [0.05, 0.1) is 12.6 Å². The molecule has 0 bridgehead atoms. The van der Waals surface area contributed by atoms with Crippen LogP contribution in [0.5, 0.6) is 0 Å². The predicted molar refractivity (Wildman–Crippen MR) is 67.1 cm³/mol. The number of methoxy groups -OCH3 is 1. The first kappa shape index (κ1) is 12.8. The number of nitrogens with one attached hydrogen (secondary N) is 1. The highest BCUT2D eigenvalue weighted by Gasteiger charge is 2.08. The Bertz CT molecular complexity index is 315. The molecule has 0 aliphatic carbocycles. The van der Waals surface area contributed by atoms with E-state index in [9.17, 15) is 0 Å². The van der Waals surface area contributed by atoms with Crippen molar-refractivity contribution >= 4 is 0 Å². The van der Waals surface area contributed by atoms with Gasteiger partial charge in [-0.3, -0.25) is 0 Å². The summed E-state index contributed by atoms with van der Waals surface area (Å²) in [6, 6.07) is 10.6. The van der Waals surface area contributed by atoms with E-state index in [2.05, 4.69) is 23.4 Å². The lowest BCUT2D eigenvalue weighted by molar-refractivity contribution is 0.167. The summed E-state index contributed by atoms with van der Waals surface area (Å²) in [5.74, 6) is 2.64. The van der Waals surface area contributed by atoms with E-state index in [1.807, 2.05) is 18.2 Å². The van der Waals surface area contributed by atoms with Crippen LogP contribution in [0.2, 0.25) is 0 Å². The van der Waals surface area contributed by atoms with Gasteiger partial charge in [0.15, 0.2) is 0 Å². The van der Waals surface area contributed by atoms with Crippen molar-refractivity contribution in [2.75, 3.05) is 20.3 Å². The summed E-state index contributed by atoms with van der Waals surface area (Å²) in [5.41, 5.74) is 1.25. The first-order valence-corrected chi connectivity index (χ1v) is 5.59. The van der Waals surface area contributed by atoms with E-state index in [1.165, 1.54) is 5.56 Å². The lowest BCUT2D eigenvalue weighted by atomic mass is 10.1. The molecule has 0 saturated heterocycles. The van der Waals surface area contributed by atoms with E-state index in [1.54, 1.807) is 7.11 Å². The first-order valence-electron chi connectivity index (χ1n) is 5.59. The van der Waals surface area contributed by atoms with Gasteiger partial charge in [-0.05, 0) is 18.5 Å². The predicted octanol–water partition coefficient (Wildman–Crippen LogP) is 2.38. The molecular weight excluding hydrogens is 198 g/mol. The zero-order valence-corrected chi connectivity index (χ0v) is 9.78. The van der Waals surface area contributed by atoms with Crippen molar-refractivity contribution in [3.8, 4) is 12.3 Å². The standard InChI is InChI=1S/C14H19NO/c1-3-4-8-11-15-14(12-16-2)13-9-6-5-7-10-13/h1,5-7,9-10,14-15H,4,8,11-12H2,2H3. The molecule has 1 N–H and O–H groups in total. The summed E-state index contributed by atoms with van der Waals surface area (Å²) in [6.07, 6.45) is 7.04. The maximum Gasteiger partial charge on any atom is 0.0657 e. The lowest BCUT2D eigenvalue weighted by Crippen LogP contribution is -2.26. The van der Waals surface area contributed by atoms with Gasteiger partial charge in [0.1, 0.15) is 0 Å². The Morgan fingerprint density at radius 3 is 2.75 bits per heavy atom. The average Bonchev–Trinajstić information content (AvgIpc) is 2.34. The lowest BCUT2D eigenvalue weighted by Gasteiger charge is -2.18. The molecule has 0 aliphatic rings. The number of hydrogen-bond acceptors (Lipinski definition) is 2. The molecule has 1 unspecified atom stereocenters. The van der Waals surface area contributed by atoms with E-state index >= 15 is 0 Å². The van der Waals surface area contributed by atoms with Crippen molar-refractivity contribution in [1.82, 2.24) is 5.32 Å². The van der Waals surface area contributed by atoms with Gasteiger partial charge in [-0.1, -0.05) is 30.3 Å². The molecule has 16 heavy (non-hydrogen) atoms. The second-order valence-corrected chi connectivity index (χ2v) is 3.68. The maximum absolute atomic E-state index is 5.21.